The number of nitrogens with zero attached hydrogens (tertiary/aromatic N) is 2. The van der Waals surface area contributed by atoms with Crippen LogP contribution in [0.4, 0.5) is 0 Å². The Morgan fingerprint density at radius 2 is 0.941 bits per heavy atom. The predicted molar refractivity (Wildman–Crippen MR) is 214 cm³/mol. The highest BCUT2D eigenvalue weighted by Crippen LogP contribution is 2.31. The predicted octanol–water partition coefficient (Wildman–Crippen LogP) is 10.3. The summed E-state index contributed by atoms with van der Waals surface area (Å²) in [4.78, 5) is 31.6. The molecule has 0 radical (unpaired) electrons. The number of carbonyl (C=O) groups excluding carboxylic acids is 2. The van der Waals surface area contributed by atoms with Crippen LogP contribution in [0.3, 0.4) is 0 Å². The summed E-state index contributed by atoms with van der Waals surface area (Å²) in [5.74, 6) is 1.86. The number of halogens is 2. The smallest absolute Gasteiger partial charge is 0.162 e. The number of hydrogen-bond acceptors (Lipinski definition) is 5. The van der Waals surface area contributed by atoms with E-state index in [1.54, 1.807) is 0 Å². The van der Waals surface area contributed by atoms with Crippen molar-refractivity contribution in [3.63, 3.8) is 0 Å². The van der Waals surface area contributed by atoms with Crippen molar-refractivity contribution < 1.29 is 14.0 Å². The average Bonchev–Trinajstić information content (AvgIpc) is 3.51. The van der Waals surface area contributed by atoms with Gasteiger partial charge in [0.15, 0.2) is 11.6 Å². The minimum atomic E-state index is 0. The average molecular weight is 728 g/mol. The van der Waals surface area contributed by atoms with Crippen LogP contribution in [-0.4, -0.2) is 60.6 Å². The highest BCUT2D eigenvalue weighted by atomic mass is 35.5. The molecule has 7 rings (SSSR count). The molecule has 0 aliphatic carbocycles. The Morgan fingerprint density at radius 1 is 0.549 bits per heavy atom. The highest BCUT2D eigenvalue weighted by Gasteiger charge is 2.21. The van der Waals surface area contributed by atoms with Crippen LogP contribution in [0.15, 0.2) is 101 Å². The number of furan rings is 1. The molecule has 2 saturated heterocycles. The first kappa shape index (κ1) is 38.7. The topological polar surface area (TPSA) is 53.8 Å². The van der Waals surface area contributed by atoms with E-state index in [-0.39, 0.29) is 36.4 Å². The van der Waals surface area contributed by atoms with Crippen molar-refractivity contribution in [2.24, 2.45) is 11.8 Å². The summed E-state index contributed by atoms with van der Waals surface area (Å²) in [5, 5.41) is 1.82. The van der Waals surface area contributed by atoms with Crippen molar-refractivity contribution in [1.29, 1.82) is 0 Å². The van der Waals surface area contributed by atoms with E-state index >= 15 is 0 Å². The molecule has 0 atom stereocenters. The standard InChI is InChI=1S/C44H50N2O3.2ClH/c47-41(13-7-23-45-25-19-35(20-26-45)29-33-9-3-1-4-10-33)37-15-17-43-39(31-37)40-32-38(16-18-44(40)49-43)42(48)14-8-24-46-27-21-36(22-28-46)30-34-11-5-2-6-12-34;;/h1-6,9-12,15-18,31-32,35-36H,7-8,13-14,19-30H2;2*1H. The Kier molecular flexibility index (Phi) is 14.3. The van der Waals surface area contributed by atoms with Gasteiger partial charge in [-0.05, 0) is 150 Å². The van der Waals surface area contributed by atoms with Gasteiger partial charge in [-0.3, -0.25) is 9.59 Å². The number of hydrogen-bond donors (Lipinski definition) is 0. The number of ketones is 2. The van der Waals surface area contributed by atoms with Crippen molar-refractivity contribution in [2.45, 2.75) is 64.2 Å². The van der Waals surface area contributed by atoms with Crippen molar-refractivity contribution in [3.05, 3.63) is 119 Å². The van der Waals surface area contributed by atoms with E-state index in [1.807, 2.05) is 36.4 Å². The molecule has 0 amide bonds. The molecule has 0 unspecified atom stereocenters. The van der Waals surface area contributed by atoms with Crippen molar-refractivity contribution >= 4 is 58.3 Å². The Balaban J connectivity index is 0.00000252. The first-order chi connectivity index (χ1) is 24.1. The van der Waals surface area contributed by atoms with Gasteiger partial charge in [0.25, 0.3) is 0 Å². The van der Waals surface area contributed by atoms with Crippen molar-refractivity contribution in [3.8, 4) is 0 Å². The SMILES string of the molecule is Cl.Cl.O=C(CCCN1CCC(Cc2ccccc2)CC1)c1ccc2oc3ccc(C(=O)CCCN4CCC(Cc5ccccc5)CC4)cc3c2c1. The maximum atomic E-state index is 13.3. The third-order valence-corrected chi connectivity index (χ3v) is 11.0. The van der Waals surface area contributed by atoms with Gasteiger partial charge in [0.1, 0.15) is 11.2 Å². The maximum absolute atomic E-state index is 13.3. The Bertz CT molecular complexity index is 1710. The zero-order valence-electron chi connectivity index (χ0n) is 29.6. The number of carbonyl (C=O) groups is 2. The minimum absolute atomic E-state index is 0. The Labute approximate surface area is 315 Å². The number of fused-ring (bicyclic) bond motifs is 3. The van der Waals surface area contributed by atoms with Crippen LogP contribution in [0.5, 0.6) is 0 Å². The molecular formula is C44H52Cl2N2O3. The summed E-state index contributed by atoms with van der Waals surface area (Å²) in [6.45, 7) is 6.42. The van der Waals surface area contributed by atoms with Crippen LogP contribution in [0.2, 0.25) is 0 Å². The van der Waals surface area contributed by atoms with Gasteiger partial charge in [-0.2, -0.15) is 0 Å². The molecule has 5 nitrogen and oxygen atoms in total. The maximum Gasteiger partial charge on any atom is 0.162 e. The molecule has 2 aliphatic heterocycles. The normalized spacial score (nSPS) is 16.2. The molecule has 270 valence electrons. The molecule has 2 fully saturated rings. The third-order valence-electron chi connectivity index (χ3n) is 11.0. The van der Waals surface area contributed by atoms with Crippen LogP contribution < -0.4 is 0 Å². The number of rotatable bonds is 14. The van der Waals surface area contributed by atoms with Gasteiger partial charge < -0.3 is 14.2 Å². The summed E-state index contributed by atoms with van der Waals surface area (Å²) in [6.07, 6.45) is 10.1. The summed E-state index contributed by atoms with van der Waals surface area (Å²) in [7, 11) is 0. The van der Waals surface area contributed by atoms with Crippen molar-refractivity contribution in [2.75, 3.05) is 39.3 Å². The molecule has 5 aromatic rings. The fourth-order valence-electron chi connectivity index (χ4n) is 8.06. The van der Waals surface area contributed by atoms with Crippen molar-refractivity contribution in [1.82, 2.24) is 9.80 Å². The fourth-order valence-corrected chi connectivity index (χ4v) is 8.06. The van der Waals surface area contributed by atoms with E-state index in [0.717, 1.165) is 97.0 Å². The summed E-state index contributed by atoms with van der Waals surface area (Å²) >= 11 is 0. The second-order valence-electron chi connectivity index (χ2n) is 14.5. The monoisotopic (exact) mass is 726 g/mol. The molecule has 4 aromatic carbocycles. The lowest BCUT2D eigenvalue weighted by Gasteiger charge is -2.32. The lowest BCUT2D eigenvalue weighted by molar-refractivity contribution is 0.0962. The molecule has 0 N–H and O–H groups in total. The Hall–Kier alpha value is -3.48. The van der Waals surface area contributed by atoms with Gasteiger partial charge in [0, 0.05) is 34.7 Å². The number of piperidine rings is 2. The zero-order chi connectivity index (χ0) is 33.4. The van der Waals surface area contributed by atoms with Crippen LogP contribution >= 0.6 is 24.8 Å². The van der Waals surface area contributed by atoms with E-state index in [1.165, 1.54) is 49.7 Å². The molecule has 7 heteroatoms. The van der Waals surface area contributed by atoms with E-state index in [2.05, 4.69) is 70.5 Å². The van der Waals surface area contributed by atoms with Gasteiger partial charge >= 0.3 is 0 Å². The Morgan fingerprint density at radius 3 is 1.33 bits per heavy atom. The van der Waals surface area contributed by atoms with Gasteiger partial charge in [-0.15, -0.1) is 24.8 Å². The zero-order valence-corrected chi connectivity index (χ0v) is 31.3. The molecule has 0 saturated carbocycles. The minimum Gasteiger partial charge on any atom is -0.456 e. The van der Waals surface area contributed by atoms with Gasteiger partial charge in [0.2, 0.25) is 0 Å². The van der Waals surface area contributed by atoms with E-state index in [9.17, 15) is 9.59 Å². The molecule has 3 heterocycles. The largest absolute Gasteiger partial charge is 0.456 e. The van der Waals surface area contributed by atoms with Gasteiger partial charge in [-0.1, -0.05) is 60.7 Å². The fraction of sp³-hybridized carbons (Fsp3) is 0.409. The summed E-state index contributed by atoms with van der Waals surface area (Å²) in [5.41, 5.74) is 5.83. The molecule has 0 spiro atoms. The lowest BCUT2D eigenvalue weighted by Crippen LogP contribution is -2.35. The molecule has 2 aliphatic rings. The van der Waals surface area contributed by atoms with E-state index < -0.39 is 0 Å². The van der Waals surface area contributed by atoms with Crippen LogP contribution in [-0.2, 0) is 12.8 Å². The summed E-state index contributed by atoms with van der Waals surface area (Å²) in [6, 6.07) is 33.2. The molecule has 0 bridgehead atoms. The van der Waals surface area contributed by atoms with Crippen LogP contribution in [0.1, 0.15) is 83.2 Å². The summed E-state index contributed by atoms with van der Waals surface area (Å²) < 4.78 is 6.10. The lowest BCUT2D eigenvalue weighted by atomic mass is 9.90. The first-order valence-corrected chi connectivity index (χ1v) is 18.6. The first-order valence-electron chi connectivity index (χ1n) is 18.6. The number of Topliss-reactive ketones (excluding diaryl/α,β-unsaturated/α-hetero) is 2. The number of likely N-dealkylation sites (tertiary alicyclic amines) is 2. The molecular weight excluding hydrogens is 675 g/mol. The van der Waals surface area contributed by atoms with Gasteiger partial charge in [-0.25, -0.2) is 0 Å². The number of benzene rings is 4. The third kappa shape index (κ3) is 10.3. The molecule has 1 aromatic heterocycles. The van der Waals surface area contributed by atoms with Crippen LogP contribution in [0.25, 0.3) is 21.9 Å². The van der Waals surface area contributed by atoms with Gasteiger partial charge in [0.05, 0.1) is 0 Å². The molecule has 51 heavy (non-hydrogen) atoms. The highest BCUT2D eigenvalue weighted by molar-refractivity contribution is 6.10. The second-order valence-corrected chi connectivity index (χ2v) is 14.5. The van der Waals surface area contributed by atoms with E-state index in [4.69, 9.17) is 4.42 Å². The van der Waals surface area contributed by atoms with Crippen LogP contribution in [0, 0.1) is 11.8 Å². The second kappa shape index (κ2) is 18.8. The van der Waals surface area contributed by atoms with E-state index in [0.29, 0.717) is 12.8 Å². The quantitative estimate of drug-likeness (QED) is 0.107.